The Kier molecular flexibility index (Phi) is 2.85. The summed E-state index contributed by atoms with van der Waals surface area (Å²) in [5.41, 5.74) is 0.487. The predicted molar refractivity (Wildman–Crippen MR) is 84.1 cm³/mol. The van der Waals surface area contributed by atoms with Gasteiger partial charge in [-0.1, -0.05) is 0 Å². The summed E-state index contributed by atoms with van der Waals surface area (Å²) in [6, 6.07) is 7.54. The zero-order chi connectivity index (χ0) is 15.4. The molecule has 6 heteroatoms. The molecule has 2 aliphatic rings. The molecular formula is C16H10O4S2. The molecule has 0 spiro atoms. The number of rotatable bonds is 2. The van der Waals surface area contributed by atoms with Gasteiger partial charge in [-0.25, -0.2) is 9.59 Å². The molecule has 0 aliphatic carbocycles. The van der Waals surface area contributed by atoms with Gasteiger partial charge in [0.25, 0.3) is 0 Å². The van der Waals surface area contributed by atoms with Crippen LogP contribution in [0, 0.1) is 13.8 Å². The molecule has 0 amide bonds. The van der Waals surface area contributed by atoms with Gasteiger partial charge in [0.05, 0.1) is 9.75 Å². The summed E-state index contributed by atoms with van der Waals surface area (Å²) >= 11 is 2.95. The van der Waals surface area contributed by atoms with E-state index in [2.05, 4.69) is 0 Å². The summed E-state index contributed by atoms with van der Waals surface area (Å²) in [4.78, 5) is 28.2. The first-order valence-electron chi connectivity index (χ1n) is 6.61. The standard InChI is InChI=1S/C16H10O4S2/c1-7-3-5-9(21-7)13-11-12(16(18)19-13)14(20-15(11)17)10-6-4-8(2)22-10/h3-6H,1-2H3. The van der Waals surface area contributed by atoms with Gasteiger partial charge in [0.15, 0.2) is 11.5 Å². The normalized spacial score (nSPS) is 17.2. The smallest absolute Gasteiger partial charge is 0.348 e. The molecule has 110 valence electrons. The average molecular weight is 330 g/mol. The Labute approximate surface area is 134 Å². The van der Waals surface area contributed by atoms with E-state index in [1.54, 1.807) is 0 Å². The van der Waals surface area contributed by atoms with Crippen molar-refractivity contribution in [3.8, 4) is 0 Å². The van der Waals surface area contributed by atoms with Crippen molar-refractivity contribution >= 4 is 46.1 Å². The van der Waals surface area contributed by atoms with Gasteiger partial charge in [-0.05, 0) is 38.1 Å². The summed E-state index contributed by atoms with van der Waals surface area (Å²) in [5, 5.41) is 0. The largest absolute Gasteiger partial charge is 0.420 e. The zero-order valence-corrected chi connectivity index (χ0v) is 13.4. The molecule has 4 heterocycles. The lowest BCUT2D eigenvalue weighted by Gasteiger charge is -2.02. The fourth-order valence-corrected chi connectivity index (χ4v) is 4.18. The Morgan fingerprint density at radius 1 is 0.727 bits per heavy atom. The van der Waals surface area contributed by atoms with E-state index >= 15 is 0 Å². The highest BCUT2D eigenvalue weighted by Gasteiger charge is 2.45. The van der Waals surface area contributed by atoms with E-state index in [0.29, 0.717) is 11.5 Å². The molecule has 2 aliphatic heterocycles. The van der Waals surface area contributed by atoms with E-state index in [9.17, 15) is 9.59 Å². The van der Waals surface area contributed by atoms with Crippen LogP contribution < -0.4 is 0 Å². The lowest BCUT2D eigenvalue weighted by Crippen LogP contribution is -1.99. The number of thiophene rings is 2. The Morgan fingerprint density at radius 2 is 1.14 bits per heavy atom. The second-order valence-electron chi connectivity index (χ2n) is 5.01. The molecule has 0 fully saturated rings. The molecule has 2 aromatic heterocycles. The SMILES string of the molecule is Cc1ccc(C2=C3C(=O)OC(c4ccc(C)s4)=C3C(=O)O2)s1. The molecule has 0 atom stereocenters. The molecule has 0 unspecified atom stereocenters. The van der Waals surface area contributed by atoms with Crippen LogP contribution in [0.1, 0.15) is 19.5 Å². The van der Waals surface area contributed by atoms with Crippen molar-refractivity contribution in [2.24, 2.45) is 0 Å². The maximum atomic E-state index is 12.2. The van der Waals surface area contributed by atoms with Gasteiger partial charge in [-0.3, -0.25) is 0 Å². The molecular weight excluding hydrogens is 320 g/mol. The fraction of sp³-hybridized carbons (Fsp3) is 0.125. The van der Waals surface area contributed by atoms with Crippen LogP contribution in [0.3, 0.4) is 0 Å². The third-order valence-electron chi connectivity index (χ3n) is 3.43. The third kappa shape index (κ3) is 1.88. The van der Waals surface area contributed by atoms with E-state index in [4.69, 9.17) is 9.47 Å². The van der Waals surface area contributed by atoms with Gasteiger partial charge in [0.2, 0.25) is 0 Å². The van der Waals surface area contributed by atoms with Gasteiger partial charge in [0, 0.05) is 9.75 Å². The Hall–Kier alpha value is -2.18. The second kappa shape index (κ2) is 4.66. The number of hydrogen-bond acceptors (Lipinski definition) is 6. The fourth-order valence-electron chi connectivity index (χ4n) is 2.47. The van der Waals surface area contributed by atoms with Crippen LogP contribution in [0.2, 0.25) is 0 Å². The van der Waals surface area contributed by atoms with E-state index in [1.165, 1.54) is 22.7 Å². The number of carbonyl (C=O) groups is 2. The van der Waals surface area contributed by atoms with Crippen molar-refractivity contribution < 1.29 is 19.1 Å². The first-order valence-corrected chi connectivity index (χ1v) is 8.25. The van der Waals surface area contributed by atoms with Gasteiger partial charge in [0.1, 0.15) is 11.1 Å². The van der Waals surface area contributed by atoms with Crippen LogP contribution in [-0.4, -0.2) is 11.9 Å². The van der Waals surface area contributed by atoms with Crippen molar-refractivity contribution in [3.63, 3.8) is 0 Å². The van der Waals surface area contributed by atoms with Crippen molar-refractivity contribution in [2.45, 2.75) is 13.8 Å². The maximum Gasteiger partial charge on any atom is 0.348 e. The lowest BCUT2D eigenvalue weighted by molar-refractivity contribution is -0.131. The number of carbonyl (C=O) groups excluding carboxylic acids is 2. The molecule has 0 N–H and O–H groups in total. The van der Waals surface area contributed by atoms with Crippen LogP contribution in [-0.2, 0) is 19.1 Å². The minimum atomic E-state index is -0.525. The minimum absolute atomic E-state index is 0.243. The van der Waals surface area contributed by atoms with E-state index in [1.807, 2.05) is 38.1 Å². The molecule has 0 saturated carbocycles. The molecule has 0 aromatic carbocycles. The Bertz CT molecular complexity index is 821. The number of ether oxygens (including phenoxy) is 2. The second-order valence-corrected chi connectivity index (χ2v) is 7.58. The summed E-state index contributed by atoms with van der Waals surface area (Å²) in [5.74, 6) is -0.427. The van der Waals surface area contributed by atoms with Crippen molar-refractivity contribution in [1.29, 1.82) is 0 Å². The number of hydrogen-bond donors (Lipinski definition) is 0. The summed E-state index contributed by atoms with van der Waals surface area (Å²) in [6.45, 7) is 3.92. The first-order chi connectivity index (χ1) is 10.5. The van der Waals surface area contributed by atoms with Crippen molar-refractivity contribution in [3.05, 3.63) is 54.9 Å². The minimum Gasteiger partial charge on any atom is -0.420 e. The quantitative estimate of drug-likeness (QED) is 0.789. The number of esters is 2. The molecule has 4 nitrogen and oxygen atoms in total. The van der Waals surface area contributed by atoms with Crippen molar-refractivity contribution in [2.75, 3.05) is 0 Å². The highest BCUT2D eigenvalue weighted by molar-refractivity contribution is 7.13. The van der Waals surface area contributed by atoms with Crippen LogP contribution in [0.5, 0.6) is 0 Å². The lowest BCUT2D eigenvalue weighted by atomic mass is 10.1. The number of cyclic esters (lactones) is 2. The van der Waals surface area contributed by atoms with Crippen LogP contribution in [0.15, 0.2) is 35.4 Å². The maximum absolute atomic E-state index is 12.2. The average Bonchev–Trinajstić information content (AvgIpc) is 3.19. The van der Waals surface area contributed by atoms with Gasteiger partial charge in [-0.15, -0.1) is 22.7 Å². The molecule has 22 heavy (non-hydrogen) atoms. The topological polar surface area (TPSA) is 52.6 Å². The van der Waals surface area contributed by atoms with Gasteiger partial charge >= 0.3 is 11.9 Å². The number of aryl methyl sites for hydroxylation is 2. The van der Waals surface area contributed by atoms with Crippen LogP contribution >= 0.6 is 22.7 Å². The number of fused-ring (bicyclic) bond motifs is 1. The summed E-state index contributed by atoms with van der Waals surface area (Å²) in [6.07, 6.45) is 0. The zero-order valence-electron chi connectivity index (χ0n) is 11.8. The summed E-state index contributed by atoms with van der Waals surface area (Å²) in [7, 11) is 0. The molecule has 2 aromatic rings. The van der Waals surface area contributed by atoms with E-state index < -0.39 is 11.9 Å². The van der Waals surface area contributed by atoms with E-state index in [-0.39, 0.29) is 11.1 Å². The van der Waals surface area contributed by atoms with Gasteiger partial charge < -0.3 is 9.47 Å². The van der Waals surface area contributed by atoms with Crippen LogP contribution in [0.25, 0.3) is 11.5 Å². The van der Waals surface area contributed by atoms with E-state index in [0.717, 1.165) is 19.5 Å². The van der Waals surface area contributed by atoms with Gasteiger partial charge in [-0.2, -0.15) is 0 Å². The van der Waals surface area contributed by atoms with Crippen molar-refractivity contribution in [1.82, 2.24) is 0 Å². The first kappa shape index (κ1) is 13.5. The Morgan fingerprint density at radius 3 is 1.45 bits per heavy atom. The highest BCUT2D eigenvalue weighted by atomic mass is 32.1. The molecule has 0 radical (unpaired) electrons. The molecule has 4 rings (SSSR count). The Balaban J connectivity index is 1.91. The highest BCUT2D eigenvalue weighted by Crippen LogP contribution is 2.45. The molecule has 0 saturated heterocycles. The van der Waals surface area contributed by atoms with Crippen LogP contribution in [0.4, 0.5) is 0 Å². The third-order valence-corrected chi connectivity index (χ3v) is 5.43. The molecule has 0 bridgehead atoms. The monoisotopic (exact) mass is 330 g/mol. The predicted octanol–water partition coefficient (Wildman–Crippen LogP) is 3.66. The summed E-state index contributed by atoms with van der Waals surface area (Å²) < 4.78 is 10.7.